The van der Waals surface area contributed by atoms with Crippen molar-refractivity contribution in [1.82, 2.24) is 9.97 Å². The van der Waals surface area contributed by atoms with E-state index >= 15 is 0 Å². The molecule has 0 aromatic carbocycles. The van der Waals surface area contributed by atoms with E-state index in [1.807, 2.05) is 0 Å². The molecule has 0 amide bonds. The lowest BCUT2D eigenvalue weighted by Gasteiger charge is -2.06. The number of pyridine rings is 2. The lowest BCUT2D eigenvalue weighted by molar-refractivity contribution is 0.00208. The molecule has 0 N–H and O–H groups in total. The van der Waals surface area contributed by atoms with Gasteiger partial charge >= 0.3 is 11.9 Å². The highest BCUT2D eigenvalue weighted by Gasteiger charge is 2.14. The second kappa shape index (κ2) is 7.80. The van der Waals surface area contributed by atoms with Gasteiger partial charge in [0.15, 0.2) is 17.0 Å². The molecule has 8 heteroatoms. The SMILES string of the molecule is O=C1OCCOCCOCCOC(=O)c2ccc3ccc1nc3n2. The molecule has 3 bridgehead atoms. The van der Waals surface area contributed by atoms with Gasteiger partial charge in [-0.05, 0) is 24.3 Å². The topological polar surface area (TPSA) is 96.8 Å². The monoisotopic (exact) mass is 332 g/mol. The number of carbonyl (C=O) groups is 2. The highest BCUT2D eigenvalue weighted by atomic mass is 16.6. The second-order valence-corrected chi connectivity index (χ2v) is 4.94. The normalized spacial score (nSPS) is 17.5. The zero-order valence-corrected chi connectivity index (χ0v) is 12.9. The highest BCUT2D eigenvalue weighted by Crippen LogP contribution is 2.13. The first-order chi connectivity index (χ1) is 11.7. The van der Waals surface area contributed by atoms with Crippen LogP contribution in [0.3, 0.4) is 0 Å². The number of esters is 2. The zero-order chi connectivity index (χ0) is 16.8. The predicted octanol–water partition coefficient (Wildman–Crippen LogP) is 0.990. The molecule has 24 heavy (non-hydrogen) atoms. The molecular formula is C16H16N2O6. The number of hydrogen-bond acceptors (Lipinski definition) is 8. The number of hydrogen-bond donors (Lipinski definition) is 0. The van der Waals surface area contributed by atoms with Crippen molar-refractivity contribution in [3.63, 3.8) is 0 Å². The van der Waals surface area contributed by atoms with Crippen LogP contribution in [0.2, 0.25) is 0 Å². The Hall–Kier alpha value is -2.58. The Labute approximate surface area is 137 Å². The third kappa shape index (κ3) is 4.03. The summed E-state index contributed by atoms with van der Waals surface area (Å²) in [6.45, 7) is 1.48. The van der Waals surface area contributed by atoms with Gasteiger partial charge in [0.25, 0.3) is 0 Å². The van der Waals surface area contributed by atoms with Crippen molar-refractivity contribution >= 4 is 23.0 Å². The molecule has 3 heterocycles. The van der Waals surface area contributed by atoms with E-state index in [1.165, 1.54) is 0 Å². The van der Waals surface area contributed by atoms with Crippen molar-refractivity contribution in [3.8, 4) is 0 Å². The summed E-state index contributed by atoms with van der Waals surface area (Å²) in [5, 5.41) is 0.702. The van der Waals surface area contributed by atoms with E-state index in [0.29, 0.717) is 18.6 Å². The molecule has 2 aromatic rings. The van der Waals surface area contributed by atoms with Crippen LogP contribution < -0.4 is 0 Å². The Balaban J connectivity index is 1.86. The van der Waals surface area contributed by atoms with Gasteiger partial charge in [0, 0.05) is 5.39 Å². The highest BCUT2D eigenvalue weighted by molar-refractivity contribution is 5.92. The molecule has 1 aliphatic rings. The fraction of sp³-hybridized carbons (Fsp3) is 0.375. The first kappa shape index (κ1) is 16.3. The molecule has 0 unspecified atom stereocenters. The maximum Gasteiger partial charge on any atom is 0.357 e. The Morgan fingerprint density at radius 3 is 1.62 bits per heavy atom. The molecular weight excluding hydrogens is 316 g/mol. The van der Waals surface area contributed by atoms with Gasteiger partial charge in [0.1, 0.15) is 13.2 Å². The van der Waals surface area contributed by atoms with E-state index in [-0.39, 0.29) is 43.5 Å². The van der Waals surface area contributed by atoms with E-state index in [4.69, 9.17) is 18.9 Å². The van der Waals surface area contributed by atoms with Crippen molar-refractivity contribution in [2.24, 2.45) is 0 Å². The Bertz CT molecular complexity index is 690. The Morgan fingerprint density at radius 1 is 0.667 bits per heavy atom. The number of carbonyl (C=O) groups excluding carboxylic acids is 2. The molecule has 2 aromatic heterocycles. The lowest BCUT2D eigenvalue weighted by atomic mass is 10.2. The van der Waals surface area contributed by atoms with Gasteiger partial charge in [0.05, 0.1) is 26.4 Å². The van der Waals surface area contributed by atoms with Crippen LogP contribution in [-0.4, -0.2) is 61.5 Å². The minimum absolute atomic E-state index is 0.119. The molecule has 8 nitrogen and oxygen atoms in total. The van der Waals surface area contributed by atoms with Gasteiger partial charge in [0.2, 0.25) is 0 Å². The molecule has 3 rings (SSSR count). The van der Waals surface area contributed by atoms with Gasteiger partial charge in [-0.2, -0.15) is 0 Å². The Kier molecular flexibility index (Phi) is 5.29. The van der Waals surface area contributed by atoms with Crippen molar-refractivity contribution in [3.05, 3.63) is 35.7 Å². The summed E-state index contributed by atoms with van der Waals surface area (Å²) in [5.41, 5.74) is 0.511. The van der Waals surface area contributed by atoms with Crippen LogP contribution in [0.5, 0.6) is 0 Å². The molecule has 0 spiro atoms. The predicted molar refractivity (Wildman–Crippen MR) is 81.7 cm³/mol. The van der Waals surface area contributed by atoms with Crippen LogP contribution in [-0.2, 0) is 18.9 Å². The Morgan fingerprint density at radius 2 is 1.12 bits per heavy atom. The second-order valence-electron chi connectivity index (χ2n) is 4.94. The standard InChI is InChI=1S/C16H16N2O6/c19-15-12-3-1-11-2-4-13(18-14(11)17-12)16(20)24-10-8-22-6-5-21-7-9-23-15/h1-4H,5-10H2. The summed E-state index contributed by atoms with van der Waals surface area (Å²) in [6.07, 6.45) is 0. The largest absolute Gasteiger partial charge is 0.459 e. The molecule has 1 aliphatic heterocycles. The summed E-state index contributed by atoms with van der Waals surface area (Å²) in [5.74, 6) is -1.15. The maximum atomic E-state index is 12.0. The molecule has 0 saturated carbocycles. The van der Waals surface area contributed by atoms with Crippen LogP contribution >= 0.6 is 0 Å². The fourth-order valence-corrected chi connectivity index (χ4v) is 2.08. The van der Waals surface area contributed by atoms with Crippen LogP contribution in [0, 0.1) is 0 Å². The number of rotatable bonds is 0. The van der Waals surface area contributed by atoms with E-state index in [2.05, 4.69) is 9.97 Å². The van der Waals surface area contributed by atoms with Crippen LogP contribution in [0.1, 0.15) is 21.0 Å². The smallest absolute Gasteiger partial charge is 0.357 e. The van der Waals surface area contributed by atoms with Crippen molar-refractivity contribution in [2.75, 3.05) is 39.6 Å². The number of ether oxygens (including phenoxy) is 4. The van der Waals surface area contributed by atoms with Gasteiger partial charge in [-0.1, -0.05) is 0 Å². The van der Waals surface area contributed by atoms with Gasteiger partial charge < -0.3 is 18.9 Å². The molecule has 0 radical (unpaired) electrons. The quantitative estimate of drug-likeness (QED) is 0.659. The first-order valence-corrected chi connectivity index (χ1v) is 7.51. The van der Waals surface area contributed by atoms with Crippen LogP contribution in [0.25, 0.3) is 11.0 Å². The number of cyclic esters (lactones) is 2. The van der Waals surface area contributed by atoms with E-state index in [9.17, 15) is 9.59 Å². The van der Waals surface area contributed by atoms with Crippen LogP contribution in [0.4, 0.5) is 0 Å². The maximum absolute atomic E-state index is 12.0. The average molecular weight is 332 g/mol. The summed E-state index contributed by atoms with van der Waals surface area (Å²) in [6, 6.07) is 6.49. The molecule has 0 aliphatic carbocycles. The van der Waals surface area contributed by atoms with Crippen molar-refractivity contribution in [2.45, 2.75) is 0 Å². The number of fused-ring (bicyclic) bond motifs is 2. The summed E-state index contributed by atoms with van der Waals surface area (Å²) in [7, 11) is 0. The van der Waals surface area contributed by atoms with E-state index < -0.39 is 11.9 Å². The number of aromatic nitrogens is 2. The zero-order valence-electron chi connectivity index (χ0n) is 12.9. The van der Waals surface area contributed by atoms with Gasteiger partial charge in [-0.15, -0.1) is 0 Å². The molecule has 126 valence electrons. The van der Waals surface area contributed by atoms with Gasteiger partial charge in [-0.25, -0.2) is 19.6 Å². The lowest BCUT2D eigenvalue weighted by Crippen LogP contribution is -2.15. The van der Waals surface area contributed by atoms with Crippen molar-refractivity contribution in [1.29, 1.82) is 0 Å². The third-order valence-corrected chi connectivity index (χ3v) is 3.26. The molecule has 0 saturated heterocycles. The minimum Gasteiger partial charge on any atom is -0.459 e. The summed E-state index contributed by atoms with van der Waals surface area (Å²) < 4.78 is 20.7. The molecule has 0 atom stereocenters. The van der Waals surface area contributed by atoms with E-state index in [1.54, 1.807) is 24.3 Å². The van der Waals surface area contributed by atoms with Crippen molar-refractivity contribution < 1.29 is 28.5 Å². The number of nitrogens with zero attached hydrogens (tertiary/aromatic N) is 2. The fourth-order valence-electron chi connectivity index (χ4n) is 2.08. The summed E-state index contributed by atoms with van der Waals surface area (Å²) >= 11 is 0. The minimum atomic E-state index is -0.573. The molecule has 0 fully saturated rings. The van der Waals surface area contributed by atoms with Gasteiger partial charge in [-0.3, -0.25) is 0 Å². The average Bonchev–Trinajstić information content (AvgIpc) is 2.61. The third-order valence-electron chi connectivity index (χ3n) is 3.26. The first-order valence-electron chi connectivity index (χ1n) is 7.51. The van der Waals surface area contributed by atoms with Crippen LogP contribution in [0.15, 0.2) is 24.3 Å². The van der Waals surface area contributed by atoms with E-state index in [0.717, 1.165) is 0 Å². The summed E-state index contributed by atoms with van der Waals surface area (Å²) in [4.78, 5) is 32.3.